The Morgan fingerprint density at radius 2 is 2.00 bits per heavy atom. The first kappa shape index (κ1) is 17.9. The summed E-state index contributed by atoms with van der Waals surface area (Å²) in [6.07, 6.45) is 0.586. The molecule has 0 atom stereocenters. The van der Waals surface area contributed by atoms with E-state index in [2.05, 4.69) is 38.1 Å². The number of hydrogen-bond acceptors (Lipinski definition) is 5. The Morgan fingerprint density at radius 3 is 2.76 bits per heavy atom. The first-order valence-corrected chi connectivity index (χ1v) is 9.72. The third-order valence-electron chi connectivity index (χ3n) is 3.44. The summed E-state index contributed by atoms with van der Waals surface area (Å²) >= 11 is 3.48. The van der Waals surface area contributed by atoms with Crippen LogP contribution in [0.15, 0.2) is 58.2 Å². The fourth-order valence-electron chi connectivity index (χ4n) is 2.22. The second kappa shape index (κ2) is 8.48. The van der Waals surface area contributed by atoms with Crippen LogP contribution in [0.1, 0.15) is 17.0 Å². The molecule has 0 aliphatic carbocycles. The van der Waals surface area contributed by atoms with E-state index >= 15 is 0 Å². The molecule has 1 heterocycles. The molecule has 1 aromatic heterocycles. The number of rotatable bonds is 6. The zero-order valence-electron chi connectivity index (χ0n) is 13.5. The number of aromatic nitrogens is 2. The molecule has 0 bridgehead atoms. The Balaban J connectivity index is 1.52. The van der Waals surface area contributed by atoms with Gasteiger partial charge in [0.2, 0.25) is 11.8 Å². The lowest BCUT2D eigenvalue weighted by atomic mass is 10.2. The number of hydrogen-bond donors (Lipinski definition) is 1. The molecule has 0 spiro atoms. The van der Waals surface area contributed by atoms with Crippen molar-refractivity contribution < 1.29 is 9.21 Å². The number of aryl methyl sites for hydroxylation is 1. The first-order valence-electron chi connectivity index (χ1n) is 7.65. The molecule has 0 unspecified atom stereocenters. The number of carbonyl (C=O) groups excluding carboxylic acids is 1. The summed E-state index contributed by atoms with van der Waals surface area (Å²) in [7, 11) is 0. The van der Waals surface area contributed by atoms with Gasteiger partial charge in [0.05, 0.1) is 12.2 Å². The Labute approximate surface area is 163 Å². The second-order valence-corrected chi connectivity index (χ2v) is 7.59. The predicted octanol–water partition coefficient (Wildman–Crippen LogP) is 4.30. The first-order chi connectivity index (χ1) is 12.1. The van der Waals surface area contributed by atoms with E-state index in [-0.39, 0.29) is 11.7 Å². The number of carbonyl (C=O) groups is 1. The van der Waals surface area contributed by atoms with E-state index in [1.54, 1.807) is 0 Å². The topological polar surface area (TPSA) is 68.0 Å². The number of benzene rings is 2. The number of halogens is 1. The Hall–Kier alpha value is -1.87. The van der Waals surface area contributed by atoms with Crippen LogP contribution in [0.5, 0.6) is 0 Å². The van der Waals surface area contributed by atoms with Crippen LogP contribution in [0.4, 0.5) is 5.69 Å². The van der Waals surface area contributed by atoms with E-state index < -0.39 is 0 Å². The van der Waals surface area contributed by atoms with Crippen molar-refractivity contribution >= 4 is 45.9 Å². The summed E-state index contributed by atoms with van der Waals surface area (Å²) in [5.41, 5.74) is 2.96. The quantitative estimate of drug-likeness (QED) is 0.434. The molecule has 7 heteroatoms. The van der Waals surface area contributed by atoms with E-state index in [0.717, 1.165) is 20.4 Å². The normalized spacial score (nSPS) is 10.6. The van der Waals surface area contributed by atoms with Crippen LogP contribution in [0, 0.1) is 10.5 Å². The van der Waals surface area contributed by atoms with Crippen LogP contribution in [0.3, 0.4) is 0 Å². The minimum absolute atomic E-state index is 0.0999. The summed E-state index contributed by atoms with van der Waals surface area (Å²) in [6.45, 7) is 1.97. The molecule has 0 saturated carbocycles. The van der Waals surface area contributed by atoms with Crippen LogP contribution < -0.4 is 5.32 Å². The maximum absolute atomic E-state index is 12.1. The van der Waals surface area contributed by atoms with Crippen LogP contribution in [-0.2, 0) is 11.2 Å². The molecule has 1 N–H and O–H groups in total. The van der Waals surface area contributed by atoms with Crippen LogP contribution in [-0.4, -0.2) is 21.9 Å². The minimum Gasteiger partial charge on any atom is -0.416 e. The van der Waals surface area contributed by atoms with Gasteiger partial charge in [0, 0.05) is 9.26 Å². The zero-order valence-corrected chi connectivity index (χ0v) is 16.5. The van der Waals surface area contributed by atoms with Gasteiger partial charge in [0.15, 0.2) is 0 Å². The van der Waals surface area contributed by atoms with Gasteiger partial charge in [0.1, 0.15) is 0 Å². The maximum Gasteiger partial charge on any atom is 0.277 e. The van der Waals surface area contributed by atoms with E-state index in [9.17, 15) is 4.79 Å². The average Bonchev–Trinajstić information content (AvgIpc) is 3.04. The highest BCUT2D eigenvalue weighted by Gasteiger charge is 2.11. The number of nitrogens with one attached hydrogen (secondary N) is 1. The highest BCUT2D eigenvalue weighted by Crippen LogP contribution is 2.20. The Morgan fingerprint density at radius 1 is 1.20 bits per heavy atom. The Bertz CT molecular complexity index is 868. The number of anilines is 1. The smallest absolute Gasteiger partial charge is 0.277 e. The van der Waals surface area contributed by atoms with Crippen molar-refractivity contribution in [3.8, 4) is 0 Å². The fraction of sp³-hybridized carbons (Fsp3) is 0.167. The van der Waals surface area contributed by atoms with E-state index in [0.29, 0.717) is 17.5 Å². The summed E-state index contributed by atoms with van der Waals surface area (Å²) < 4.78 is 6.73. The predicted molar refractivity (Wildman–Crippen MR) is 107 cm³/mol. The SMILES string of the molecule is Cc1cc(I)ccc1NC(=O)CSc1nnc(Cc2ccccc2)o1. The summed E-state index contributed by atoms with van der Waals surface area (Å²) in [6, 6.07) is 15.8. The molecule has 2 aromatic carbocycles. The highest BCUT2D eigenvalue weighted by atomic mass is 127. The van der Waals surface area contributed by atoms with Crippen LogP contribution in [0.2, 0.25) is 0 Å². The van der Waals surface area contributed by atoms with Crippen molar-refractivity contribution in [3.63, 3.8) is 0 Å². The number of thioether (sulfide) groups is 1. The van der Waals surface area contributed by atoms with Crippen molar-refractivity contribution in [3.05, 3.63) is 69.1 Å². The molecule has 3 rings (SSSR count). The molecular formula is C18H16IN3O2S. The second-order valence-electron chi connectivity index (χ2n) is 5.42. The van der Waals surface area contributed by atoms with Crippen LogP contribution >= 0.6 is 34.4 Å². The van der Waals surface area contributed by atoms with Crippen molar-refractivity contribution in [1.29, 1.82) is 0 Å². The van der Waals surface area contributed by atoms with Gasteiger partial charge < -0.3 is 9.73 Å². The lowest BCUT2D eigenvalue weighted by Crippen LogP contribution is -2.14. The number of amides is 1. The molecule has 25 heavy (non-hydrogen) atoms. The van der Waals surface area contributed by atoms with E-state index in [1.807, 2.05) is 55.5 Å². The standard InChI is InChI=1S/C18H16IN3O2S/c1-12-9-14(19)7-8-15(12)20-16(23)11-25-18-22-21-17(24-18)10-13-5-3-2-4-6-13/h2-9H,10-11H2,1H3,(H,20,23). The van der Waals surface area contributed by atoms with Gasteiger partial charge in [0.25, 0.3) is 5.22 Å². The lowest BCUT2D eigenvalue weighted by molar-refractivity contribution is -0.113. The third kappa shape index (κ3) is 5.30. The van der Waals surface area contributed by atoms with Gasteiger partial charge in [-0.15, -0.1) is 10.2 Å². The van der Waals surface area contributed by atoms with E-state index in [1.165, 1.54) is 11.8 Å². The van der Waals surface area contributed by atoms with Crippen molar-refractivity contribution in [1.82, 2.24) is 10.2 Å². The van der Waals surface area contributed by atoms with Gasteiger partial charge in [-0.05, 0) is 58.8 Å². The minimum atomic E-state index is -0.0999. The van der Waals surface area contributed by atoms with Gasteiger partial charge in [-0.3, -0.25) is 4.79 Å². The monoisotopic (exact) mass is 465 g/mol. The average molecular weight is 465 g/mol. The molecule has 5 nitrogen and oxygen atoms in total. The maximum atomic E-state index is 12.1. The van der Waals surface area contributed by atoms with Gasteiger partial charge >= 0.3 is 0 Å². The summed E-state index contributed by atoms with van der Waals surface area (Å²) in [5.74, 6) is 0.665. The van der Waals surface area contributed by atoms with Gasteiger partial charge in [-0.2, -0.15) is 0 Å². The molecular weight excluding hydrogens is 449 g/mol. The molecule has 0 fully saturated rings. The fourth-order valence-corrected chi connectivity index (χ4v) is 3.45. The molecule has 0 saturated heterocycles. The highest BCUT2D eigenvalue weighted by molar-refractivity contribution is 14.1. The van der Waals surface area contributed by atoms with Gasteiger partial charge in [-0.1, -0.05) is 42.1 Å². The molecule has 0 aliphatic rings. The third-order valence-corrected chi connectivity index (χ3v) is 4.93. The van der Waals surface area contributed by atoms with Crippen molar-refractivity contribution in [2.45, 2.75) is 18.6 Å². The molecule has 1 amide bonds. The van der Waals surface area contributed by atoms with Crippen molar-refractivity contribution in [2.24, 2.45) is 0 Å². The summed E-state index contributed by atoms with van der Waals surface area (Å²) in [4.78, 5) is 12.1. The molecule has 3 aromatic rings. The largest absolute Gasteiger partial charge is 0.416 e. The van der Waals surface area contributed by atoms with E-state index in [4.69, 9.17) is 4.42 Å². The zero-order chi connectivity index (χ0) is 17.6. The Kier molecular flexibility index (Phi) is 6.09. The molecule has 0 radical (unpaired) electrons. The number of nitrogens with zero attached hydrogens (tertiary/aromatic N) is 2. The molecule has 128 valence electrons. The van der Waals surface area contributed by atoms with Gasteiger partial charge in [-0.25, -0.2) is 0 Å². The van der Waals surface area contributed by atoms with Crippen molar-refractivity contribution in [2.75, 3.05) is 11.1 Å². The summed E-state index contributed by atoms with van der Waals surface area (Å²) in [5, 5.41) is 11.3. The lowest BCUT2D eigenvalue weighted by Gasteiger charge is -2.07. The van der Waals surface area contributed by atoms with Crippen LogP contribution in [0.25, 0.3) is 0 Å². The molecule has 0 aliphatic heterocycles.